The third kappa shape index (κ3) is 6.01. The molecule has 1 rings (SSSR count). The van der Waals surface area contributed by atoms with Crippen LogP contribution in [0.2, 0.25) is 0 Å². The molecule has 19 heavy (non-hydrogen) atoms. The number of nitrogens with zero attached hydrogens (tertiary/aromatic N) is 3. The van der Waals surface area contributed by atoms with Crippen molar-refractivity contribution in [2.75, 3.05) is 20.3 Å². The molecule has 0 bridgehead atoms. The Bertz CT molecular complexity index is 522. The van der Waals surface area contributed by atoms with Gasteiger partial charge >= 0.3 is 5.97 Å². The van der Waals surface area contributed by atoms with Crippen LogP contribution in [0.15, 0.2) is 29.4 Å². The number of benzene rings is 1. The molecule has 0 saturated carbocycles. The minimum absolute atomic E-state index is 0.117. The first-order valence-corrected chi connectivity index (χ1v) is 5.55. The van der Waals surface area contributed by atoms with Crippen molar-refractivity contribution in [1.29, 1.82) is 0 Å². The largest absolute Gasteiger partial charge is 0.482 e. The number of methoxy groups -OCH3 is 1. The molecule has 0 radical (unpaired) electrons. The minimum atomic E-state index is -0.429. The fourth-order valence-corrected chi connectivity index (χ4v) is 1.15. The van der Waals surface area contributed by atoms with Crippen LogP contribution >= 0.6 is 0 Å². The number of carbonyl (C=O) groups is 1. The summed E-state index contributed by atoms with van der Waals surface area (Å²) in [5.74, 6) is 5.96. The van der Waals surface area contributed by atoms with E-state index in [1.165, 1.54) is 7.11 Å². The highest BCUT2D eigenvalue weighted by molar-refractivity contribution is 5.70. The molecule has 0 spiro atoms. The smallest absolute Gasteiger partial charge is 0.343 e. The molecule has 1 aromatic carbocycles. The van der Waals surface area contributed by atoms with Gasteiger partial charge in [0.1, 0.15) is 5.75 Å². The maximum absolute atomic E-state index is 10.9. The first-order chi connectivity index (χ1) is 9.26. The van der Waals surface area contributed by atoms with Crippen LogP contribution < -0.4 is 4.74 Å². The van der Waals surface area contributed by atoms with Gasteiger partial charge in [-0.15, -0.1) is 0 Å². The molecule has 0 amide bonds. The van der Waals surface area contributed by atoms with Crippen molar-refractivity contribution in [2.45, 2.75) is 6.42 Å². The van der Waals surface area contributed by atoms with Crippen molar-refractivity contribution in [3.63, 3.8) is 0 Å². The van der Waals surface area contributed by atoms with Gasteiger partial charge < -0.3 is 9.47 Å². The molecule has 0 N–H and O–H groups in total. The van der Waals surface area contributed by atoms with Crippen LogP contribution in [0.5, 0.6) is 5.75 Å². The third-order valence-electron chi connectivity index (χ3n) is 2.07. The van der Waals surface area contributed by atoms with E-state index >= 15 is 0 Å². The zero-order valence-corrected chi connectivity index (χ0v) is 10.5. The van der Waals surface area contributed by atoms with Crippen molar-refractivity contribution in [3.05, 3.63) is 40.3 Å². The average molecular weight is 259 g/mol. The quantitative estimate of drug-likeness (QED) is 0.203. The monoisotopic (exact) mass is 259 g/mol. The molecular formula is C13H13N3O3. The van der Waals surface area contributed by atoms with Gasteiger partial charge in [-0.3, -0.25) is 0 Å². The van der Waals surface area contributed by atoms with Gasteiger partial charge in [0.25, 0.3) is 0 Å². The van der Waals surface area contributed by atoms with Crippen molar-refractivity contribution >= 4 is 5.97 Å². The second-order valence-electron chi connectivity index (χ2n) is 3.40. The number of carbonyl (C=O) groups excluding carboxylic acids is 1. The van der Waals surface area contributed by atoms with E-state index in [2.05, 4.69) is 26.6 Å². The molecule has 6 nitrogen and oxygen atoms in total. The lowest BCUT2D eigenvalue weighted by atomic mass is 10.2. The maximum atomic E-state index is 10.9. The standard InChI is InChI=1S/C13H13N3O3/c1-18-13(17)10-19-12-7-5-11(6-8-12)4-2-3-9-15-16-14/h5-8H,3,9-10H2,1H3. The Hall–Kier alpha value is -2.64. The Morgan fingerprint density at radius 2 is 2.16 bits per heavy atom. The first kappa shape index (κ1) is 14.4. The SMILES string of the molecule is COC(=O)COc1ccc(C#CCCN=[N+]=[N-])cc1. The van der Waals surface area contributed by atoms with Crippen LogP contribution in [0.25, 0.3) is 10.4 Å². The van der Waals surface area contributed by atoms with Gasteiger partial charge in [0, 0.05) is 23.4 Å². The summed E-state index contributed by atoms with van der Waals surface area (Å²) in [6.45, 7) is 0.248. The number of azide groups is 1. The highest BCUT2D eigenvalue weighted by Gasteiger charge is 2.00. The van der Waals surface area contributed by atoms with Crippen LogP contribution in [0, 0.1) is 11.8 Å². The fourth-order valence-electron chi connectivity index (χ4n) is 1.15. The molecule has 0 aromatic heterocycles. The summed E-state index contributed by atoms with van der Waals surface area (Å²) >= 11 is 0. The lowest BCUT2D eigenvalue weighted by Crippen LogP contribution is -2.12. The zero-order valence-electron chi connectivity index (χ0n) is 10.5. The normalized spacial score (nSPS) is 8.68. The van der Waals surface area contributed by atoms with Gasteiger partial charge in [-0.2, -0.15) is 0 Å². The van der Waals surface area contributed by atoms with Crippen LogP contribution in [0.3, 0.4) is 0 Å². The molecule has 6 heteroatoms. The number of esters is 1. The molecular weight excluding hydrogens is 246 g/mol. The van der Waals surface area contributed by atoms with E-state index in [1.807, 2.05) is 0 Å². The Morgan fingerprint density at radius 1 is 1.42 bits per heavy atom. The van der Waals surface area contributed by atoms with Gasteiger partial charge in [0.05, 0.1) is 7.11 Å². The molecule has 0 saturated heterocycles. The van der Waals surface area contributed by atoms with Crippen molar-refractivity contribution in [1.82, 2.24) is 0 Å². The molecule has 0 aliphatic carbocycles. The van der Waals surface area contributed by atoms with Crippen molar-refractivity contribution in [2.24, 2.45) is 5.11 Å². The number of hydrogen-bond acceptors (Lipinski definition) is 4. The molecule has 0 fully saturated rings. The Morgan fingerprint density at radius 3 is 2.79 bits per heavy atom. The highest BCUT2D eigenvalue weighted by Crippen LogP contribution is 2.11. The number of ether oxygens (including phenoxy) is 2. The highest BCUT2D eigenvalue weighted by atomic mass is 16.6. The predicted molar refractivity (Wildman–Crippen MR) is 69.5 cm³/mol. The summed E-state index contributed by atoms with van der Waals surface area (Å²) in [6.07, 6.45) is 0.519. The van der Waals surface area contributed by atoms with E-state index in [-0.39, 0.29) is 6.61 Å². The molecule has 1 aromatic rings. The summed E-state index contributed by atoms with van der Waals surface area (Å²) < 4.78 is 9.65. The molecule has 0 aliphatic heterocycles. The lowest BCUT2D eigenvalue weighted by Gasteiger charge is -2.03. The fraction of sp³-hybridized carbons (Fsp3) is 0.308. The molecule has 98 valence electrons. The van der Waals surface area contributed by atoms with E-state index in [4.69, 9.17) is 10.3 Å². The topological polar surface area (TPSA) is 84.3 Å². The Balaban J connectivity index is 2.47. The van der Waals surface area contributed by atoms with E-state index in [0.29, 0.717) is 18.7 Å². The Kier molecular flexibility index (Phi) is 6.41. The second-order valence-corrected chi connectivity index (χ2v) is 3.40. The van der Waals surface area contributed by atoms with Crippen LogP contribution in [0.4, 0.5) is 0 Å². The summed E-state index contributed by atoms with van der Waals surface area (Å²) in [5, 5.41) is 3.38. The van der Waals surface area contributed by atoms with E-state index < -0.39 is 5.97 Å². The lowest BCUT2D eigenvalue weighted by molar-refractivity contribution is -0.142. The minimum Gasteiger partial charge on any atom is -0.482 e. The van der Waals surface area contributed by atoms with Crippen LogP contribution in [-0.4, -0.2) is 26.2 Å². The van der Waals surface area contributed by atoms with Crippen LogP contribution in [-0.2, 0) is 9.53 Å². The summed E-state index contributed by atoms with van der Waals surface area (Å²) in [4.78, 5) is 13.5. The maximum Gasteiger partial charge on any atom is 0.343 e. The van der Waals surface area contributed by atoms with E-state index in [1.54, 1.807) is 24.3 Å². The third-order valence-corrected chi connectivity index (χ3v) is 2.07. The summed E-state index contributed by atoms with van der Waals surface area (Å²) in [7, 11) is 1.31. The van der Waals surface area contributed by atoms with Gasteiger partial charge in [-0.1, -0.05) is 17.0 Å². The predicted octanol–water partition coefficient (Wildman–Crippen LogP) is 2.29. The summed E-state index contributed by atoms with van der Waals surface area (Å²) in [5.41, 5.74) is 8.91. The van der Waals surface area contributed by atoms with Gasteiger partial charge in [-0.25, -0.2) is 4.79 Å². The van der Waals surface area contributed by atoms with E-state index in [0.717, 1.165) is 5.56 Å². The van der Waals surface area contributed by atoms with Gasteiger partial charge in [0.2, 0.25) is 0 Å². The molecule has 0 aliphatic rings. The second kappa shape index (κ2) is 8.45. The van der Waals surface area contributed by atoms with Gasteiger partial charge in [-0.05, 0) is 29.8 Å². The number of hydrogen-bond donors (Lipinski definition) is 0. The summed E-state index contributed by atoms with van der Waals surface area (Å²) in [6, 6.07) is 7.01. The molecule has 0 atom stereocenters. The van der Waals surface area contributed by atoms with Crippen LogP contribution in [0.1, 0.15) is 12.0 Å². The first-order valence-electron chi connectivity index (χ1n) is 5.55. The van der Waals surface area contributed by atoms with Crippen molar-refractivity contribution < 1.29 is 14.3 Å². The number of rotatable bonds is 5. The van der Waals surface area contributed by atoms with Gasteiger partial charge in [0.15, 0.2) is 6.61 Å². The van der Waals surface area contributed by atoms with Crippen molar-refractivity contribution in [3.8, 4) is 17.6 Å². The molecule has 0 unspecified atom stereocenters. The van der Waals surface area contributed by atoms with E-state index in [9.17, 15) is 4.79 Å². The Labute approximate surface area is 111 Å². The zero-order chi connectivity index (χ0) is 13.9. The average Bonchev–Trinajstić information content (AvgIpc) is 2.45. The molecule has 0 heterocycles.